The van der Waals surface area contributed by atoms with E-state index in [0.717, 1.165) is 6.42 Å². The molecule has 0 fully saturated rings. The van der Waals surface area contributed by atoms with Crippen LogP contribution in [0.5, 0.6) is 0 Å². The molecule has 0 spiro atoms. The molecule has 80 valence electrons. The van der Waals surface area contributed by atoms with Crippen LogP contribution in [0.3, 0.4) is 0 Å². The monoisotopic (exact) mass is 199 g/mol. The second kappa shape index (κ2) is 4.06. The first-order valence-corrected chi connectivity index (χ1v) is 4.66. The summed E-state index contributed by atoms with van der Waals surface area (Å²) < 4.78 is 10.3. The molecule has 1 aromatic heterocycles. The summed E-state index contributed by atoms with van der Waals surface area (Å²) in [4.78, 5) is 4.20. The molecule has 0 aromatic carbocycles. The van der Waals surface area contributed by atoms with Gasteiger partial charge in [0.05, 0.1) is 6.04 Å². The molecule has 0 saturated carbocycles. The van der Waals surface area contributed by atoms with Crippen LogP contribution in [-0.4, -0.2) is 17.3 Å². The molecule has 5 heteroatoms. The third-order valence-corrected chi connectivity index (χ3v) is 2.25. The number of ether oxygens (including phenoxy) is 1. The zero-order valence-corrected chi connectivity index (χ0v) is 9.07. The van der Waals surface area contributed by atoms with Crippen molar-refractivity contribution < 1.29 is 9.26 Å². The van der Waals surface area contributed by atoms with E-state index in [1.54, 1.807) is 7.11 Å². The van der Waals surface area contributed by atoms with Crippen LogP contribution >= 0.6 is 0 Å². The number of hydrogen-bond donors (Lipinski definition) is 1. The predicted octanol–water partition coefficient (Wildman–Crippen LogP) is 1.36. The molecular weight excluding hydrogens is 182 g/mol. The van der Waals surface area contributed by atoms with Gasteiger partial charge in [-0.1, -0.05) is 12.1 Å². The van der Waals surface area contributed by atoms with Crippen LogP contribution in [-0.2, 0) is 10.3 Å². The van der Waals surface area contributed by atoms with Gasteiger partial charge in [0.1, 0.15) is 5.60 Å². The van der Waals surface area contributed by atoms with Gasteiger partial charge in [-0.25, -0.2) is 0 Å². The molecular formula is C9H17N3O2. The molecule has 1 rings (SSSR count). The van der Waals surface area contributed by atoms with E-state index in [0.29, 0.717) is 11.7 Å². The van der Waals surface area contributed by atoms with Crippen LogP contribution < -0.4 is 5.73 Å². The van der Waals surface area contributed by atoms with Crippen molar-refractivity contribution in [3.63, 3.8) is 0 Å². The largest absolute Gasteiger partial charge is 0.371 e. The molecule has 0 radical (unpaired) electrons. The van der Waals surface area contributed by atoms with E-state index in [-0.39, 0.29) is 6.04 Å². The van der Waals surface area contributed by atoms with Gasteiger partial charge < -0.3 is 15.0 Å². The number of nitrogens with zero attached hydrogens (tertiary/aromatic N) is 2. The van der Waals surface area contributed by atoms with E-state index < -0.39 is 5.60 Å². The van der Waals surface area contributed by atoms with Gasteiger partial charge in [-0.3, -0.25) is 0 Å². The van der Waals surface area contributed by atoms with Gasteiger partial charge in [0.15, 0.2) is 0 Å². The van der Waals surface area contributed by atoms with Crippen molar-refractivity contribution >= 4 is 0 Å². The van der Waals surface area contributed by atoms with Crippen LogP contribution in [0.25, 0.3) is 0 Å². The molecule has 0 saturated heterocycles. The molecule has 0 aliphatic heterocycles. The van der Waals surface area contributed by atoms with E-state index in [1.165, 1.54) is 0 Å². The van der Waals surface area contributed by atoms with E-state index in [2.05, 4.69) is 10.1 Å². The summed E-state index contributed by atoms with van der Waals surface area (Å²) in [5.74, 6) is 0.992. The average Bonchev–Trinajstić information content (AvgIpc) is 2.66. The smallest absolute Gasteiger partial charge is 0.243 e. The summed E-state index contributed by atoms with van der Waals surface area (Å²) in [6.45, 7) is 5.72. The molecule has 1 atom stereocenters. The lowest BCUT2D eigenvalue weighted by molar-refractivity contribution is 0.00973. The minimum absolute atomic E-state index is 0.191. The Morgan fingerprint density at radius 1 is 1.57 bits per heavy atom. The quantitative estimate of drug-likeness (QED) is 0.792. The van der Waals surface area contributed by atoms with Crippen molar-refractivity contribution in [2.24, 2.45) is 5.73 Å². The molecule has 0 aliphatic rings. The van der Waals surface area contributed by atoms with Gasteiger partial charge >= 0.3 is 0 Å². The Morgan fingerprint density at radius 3 is 2.71 bits per heavy atom. The minimum Gasteiger partial charge on any atom is -0.371 e. The van der Waals surface area contributed by atoms with E-state index in [9.17, 15) is 0 Å². The van der Waals surface area contributed by atoms with E-state index >= 15 is 0 Å². The Hall–Kier alpha value is -0.940. The Bertz CT molecular complexity index is 296. The van der Waals surface area contributed by atoms with Crippen molar-refractivity contribution in [3.05, 3.63) is 11.7 Å². The molecule has 1 aromatic rings. The predicted molar refractivity (Wildman–Crippen MR) is 51.6 cm³/mol. The molecule has 5 nitrogen and oxygen atoms in total. The van der Waals surface area contributed by atoms with Crippen molar-refractivity contribution in [1.29, 1.82) is 0 Å². The molecule has 0 bridgehead atoms. The van der Waals surface area contributed by atoms with Crippen LogP contribution in [0.15, 0.2) is 4.52 Å². The van der Waals surface area contributed by atoms with Gasteiger partial charge in [0.25, 0.3) is 0 Å². The lowest BCUT2D eigenvalue weighted by Gasteiger charge is -2.17. The Kier molecular flexibility index (Phi) is 3.23. The maximum absolute atomic E-state index is 5.76. The summed E-state index contributed by atoms with van der Waals surface area (Å²) in [5, 5.41) is 3.84. The van der Waals surface area contributed by atoms with E-state index in [1.807, 2.05) is 20.8 Å². The summed E-state index contributed by atoms with van der Waals surface area (Å²) >= 11 is 0. The maximum Gasteiger partial charge on any atom is 0.243 e. The average molecular weight is 199 g/mol. The number of hydrogen-bond acceptors (Lipinski definition) is 5. The normalized spacial score (nSPS) is 14.4. The summed E-state index contributed by atoms with van der Waals surface area (Å²) in [5.41, 5.74) is 5.22. The first-order valence-electron chi connectivity index (χ1n) is 4.66. The second-order valence-electron chi connectivity index (χ2n) is 3.69. The first kappa shape index (κ1) is 11.1. The molecule has 1 heterocycles. The maximum atomic E-state index is 5.76. The second-order valence-corrected chi connectivity index (χ2v) is 3.69. The molecule has 0 amide bonds. The lowest BCUT2D eigenvalue weighted by Crippen LogP contribution is -2.21. The summed E-state index contributed by atoms with van der Waals surface area (Å²) in [6.07, 6.45) is 0.773. The standard InChI is InChI=1S/C9H17N3O2/c1-5-6(10)7-11-8(12-14-7)9(2,3)13-4/h6H,5,10H2,1-4H3/t6-/m0/s1. The zero-order chi connectivity index (χ0) is 10.8. The van der Waals surface area contributed by atoms with Gasteiger partial charge in [0, 0.05) is 7.11 Å². The Labute approximate surface area is 83.6 Å². The van der Waals surface area contributed by atoms with Crippen LogP contribution in [0.2, 0.25) is 0 Å². The Balaban J connectivity index is 2.88. The van der Waals surface area contributed by atoms with Crippen molar-refractivity contribution in [2.45, 2.75) is 38.8 Å². The molecule has 0 aliphatic carbocycles. The fraction of sp³-hybridized carbons (Fsp3) is 0.778. The number of methoxy groups -OCH3 is 1. The van der Waals surface area contributed by atoms with Gasteiger partial charge in [-0.05, 0) is 20.3 Å². The summed E-state index contributed by atoms with van der Waals surface area (Å²) in [7, 11) is 1.61. The fourth-order valence-corrected chi connectivity index (χ4v) is 0.896. The third-order valence-electron chi connectivity index (χ3n) is 2.25. The van der Waals surface area contributed by atoms with Crippen LogP contribution in [0.1, 0.15) is 44.9 Å². The highest BCUT2D eigenvalue weighted by atomic mass is 16.5. The molecule has 14 heavy (non-hydrogen) atoms. The lowest BCUT2D eigenvalue weighted by atomic mass is 10.1. The topological polar surface area (TPSA) is 74.2 Å². The summed E-state index contributed by atoms with van der Waals surface area (Å²) in [6, 6.07) is -0.191. The zero-order valence-electron chi connectivity index (χ0n) is 9.07. The van der Waals surface area contributed by atoms with Crippen LogP contribution in [0, 0.1) is 0 Å². The van der Waals surface area contributed by atoms with Crippen molar-refractivity contribution in [3.8, 4) is 0 Å². The van der Waals surface area contributed by atoms with Gasteiger partial charge in [0.2, 0.25) is 11.7 Å². The van der Waals surface area contributed by atoms with Gasteiger partial charge in [-0.15, -0.1) is 0 Å². The SMILES string of the molecule is CC[C@H](N)c1nc(C(C)(C)OC)no1. The highest BCUT2D eigenvalue weighted by Crippen LogP contribution is 2.22. The molecule has 0 unspecified atom stereocenters. The number of rotatable bonds is 4. The van der Waals surface area contributed by atoms with E-state index in [4.69, 9.17) is 15.0 Å². The first-order chi connectivity index (χ1) is 6.51. The third kappa shape index (κ3) is 2.10. The Morgan fingerprint density at radius 2 is 2.21 bits per heavy atom. The fourth-order valence-electron chi connectivity index (χ4n) is 0.896. The van der Waals surface area contributed by atoms with Crippen molar-refractivity contribution in [2.75, 3.05) is 7.11 Å². The van der Waals surface area contributed by atoms with Gasteiger partial charge in [-0.2, -0.15) is 4.98 Å². The minimum atomic E-state index is -0.533. The van der Waals surface area contributed by atoms with Crippen molar-refractivity contribution in [1.82, 2.24) is 10.1 Å². The highest BCUT2D eigenvalue weighted by Gasteiger charge is 2.27. The highest BCUT2D eigenvalue weighted by molar-refractivity contribution is 4.99. The number of nitrogens with two attached hydrogens (primary N) is 1. The molecule has 2 N–H and O–H groups in total. The van der Waals surface area contributed by atoms with Crippen LogP contribution in [0.4, 0.5) is 0 Å². The number of aromatic nitrogens is 2.